The third-order valence-electron chi connectivity index (χ3n) is 3.76. The van der Waals surface area contributed by atoms with Crippen LogP contribution in [0.2, 0.25) is 5.02 Å². The fraction of sp³-hybridized carbons (Fsp3) is 0.467. The maximum Gasteiger partial charge on any atom is 0.243 e. The average Bonchev–Trinajstić information content (AvgIpc) is 2.72. The number of hydrogen-bond donors (Lipinski definition) is 2. The van der Waals surface area contributed by atoms with E-state index < -0.39 is 22.0 Å². The highest BCUT2D eigenvalue weighted by Crippen LogP contribution is 2.17. The molecule has 24 heavy (non-hydrogen) atoms. The van der Waals surface area contributed by atoms with Crippen LogP contribution in [0.15, 0.2) is 29.2 Å². The van der Waals surface area contributed by atoms with Gasteiger partial charge in [-0.1, -0.05) is 11.6 Å². The van der Waals surface area contributed by atoms with Crippen LogP contribution in [0.3, 0.4) is 0 Å². The largest absolute Gasteiger partial charge is 0.354 e. The Morgan fingerprint density at radius 2 is 2.00 bits per heavy atom. The summed E-state index contributed by atoms with van der Waals surface area (Å²) in [7, 11) is -2.48. The first-order valence-electron chi connectivity index (χ1n) is 7.59. The molecule has 1 atom stereocenters. The second-order valence-electron chi connectivity index (χ2n) is 5.62. The van der Waals surface area contributed by atoms with Gasteiger partial charge in [0.25, 0.3) is 0 Å². The van der Waals surface area contributed by atoms with E-state index in [-0.39, 0.29) is 17.3 Å². The summed E-state index contributed by atoms with van der Waals surface area (Å²) in [5.41, 5.74) is 0. The lowest BCUT2D eigenvalue weighted by Gasteiger charge is -2.19. The van der Waals surface area contributed by atoms with Crippen molar-refractivity contribution < 1.29 is 18.0 Å². The maximum atomic E-state index is 12.4. The smallest absolute Gasteiger partial charge is 0.243 e. The van der Waals surface area contributed by atoms with Gasteiger partial charge in [0, 0.05) is 18.6 Å². The molecule has 2 amide bonds. The van der Waals surface area contributed by atoms with Crippen molar-refractivity contribution in [3.8, 4) is 0 Å². The van der Waals surface area contributed by atoms with Crippen LogP contribution in [-0.2, 0) is 19.6 Å². The third kappa shape index (κ3) is 4.68. The number of sulfonamides is 1. The van der Waals surface area contributed by atoms with E-state index >= 15 is 0 Å². The minimum absolute atomic E-state index is 0.0504. The summed E-state index contributed by atoms with van der Waals surface area (Å²) in [6.07, 6.45) is 2.23. The highest BCUT2D eigenvalue weighted by Gasteiger charge is 2.26. The summed E-state index contributed by atoms with van der Waals surface area (Å²) in [6, 6.07) is 5.08. The fourth-order valence-corrected chi connectivity index (χ4v) is 3.64. The number of hydrogen-bond acceptors (Lipinski definition) is 4. The molecule has 0 spiro atoms. The van der Waals surface area contributed by atoms with Gasteiger partial charge in [-0.2, -0.15) is 4.31 Å². The molecule has 0 radical (unpaired) electrons. The molecule has 2 N–H and O–H groups in total. The summed E-state index contributed by atoms with van der Waals surface area (Å²) in [5.74, 6) is -0.749. The number of halogens is 1. The standard InChI is InChI=1S/C15H20ClN3O4S/c1-19(24(22,23)12-7-5-11(16)6-8-12)10-14(20)18-13-4-2-3-9-17-15(13)21/h5-8,13H,2-4,9-10H2,1H3,(H,17,21)(H,18,20)/t13-/m0/s1. The quantitative estimate of drug-likeness (QED) is 0.796. The number of nitrogens with one attached hydrogen (secondary N) is 2. The molecule has 132 valence electrons. The first-order chi connectivity index (χ1) is 11.3. The zero-order valence-electron chi connectivity index (χ0n) is 13.3. The van der Waals surface area contributed by atoms with Crippen molar-refractivity contribution in [2.75, 3.05) is 20.1 Å². The van der Waals surface area contributed by atoms with Gasteiger partial charge in [-0.25, -0.2) is 8.42 Å². The van der Waals surface area contributed by atoms with Gasteiger partial charge in [0.2, 0.25) is 21.8 Å². The van der Waals surface area contributed by atoms with Crippen LogP contribution in [0, 0.1) is 0 Å². The van der Waals surface area contributed by atoms with Crippen molar-refractivity contribution in [1.29, 1.82) is 0 Å². The molecule has 1 aromatic rings. The molecule has 0 saturated carbocycles. The predicted octanol–water partition coefficient (Wildman–Crippen LogP) is 0.745. The zero-order chi connectivity index (χ0) is 17.7. The van der Waals surface area contributed by atoms with Crippen LogP contribution in [0.25, 0.3) is 0 Å². The first kappa shape index (κ1) is 18.7. The Morgan fingerprint density at radius 1 is 1.33 bits per heavy atom. The number of carbonyl (C=O) groups is 2. The van der Waals surface area contributed by atoms with Gasteiger partial charge in [0.15, 0.2) is 0 Å². The molecular formula is C15H20ClN3O4S. The molecule has 0 aliphatic carbocycles. The van der Waals surface area contributed by atoms with E-state index in [0.29, 0.717) is 18.0 Å². The number of likely N-dealkylation sites (N-methyl/N-ethyl adjacent to an activating group) is 1. The molecule has 1 saturated heterocycles. The van der Waals surface area contributed by atoms with Crippen LogP contribution in [0.5, 0.6) is 0 Å². The van der Waals surface area contributed by atoms with Crippen molar-refractivity contribution in [2.45, 2.75) is 30.2 Å². The van der Waals surface area contributed by atoms with Crippen molar-refractivity contribution in [2.24, 2.45) is 0 Å². The molecule has 1 aliphatic rings. The number of rotatable bonds is 5. The highest BCUT2D eigenvalue weighted by molar-refractivity contribution is 7.89. The van der Waals surface area contributed by atoms with Gasteiger partial charge in [0.05, 0.1) is 11.4 Å². The summed E-state index contributed by atoms with van der Waals surface area (Å²) in [4.78, 5) is 24.0. The van der Waals surface area contributed by atoms with Crippen LogP contribution in [-0.4, -0.2) is 50.7 Å². The van der Waals surface area contributed by atoms with E-state index in [4.69, 9.17) is 11.6 Å². The molecule has 7 nitrogen and oxygen atoms in total. The SMILES string of the molecule is CN(CC(=O)N[C@H]1CCCCNC1=O)S(=O)(=O)c1ccc(Cl)cc1. The number of carbonyl (C=O) groups excluding carboxylic acids is 2. The van der Waals surface area contributed by atoms with Crippen molar-refractivity contribution in [1.82, 2.24) is 14.9 Å². The number of benzene rings is 1. The van der Waals surface area contributed by atoms with Crippen molar-refractivity contribution in [3.63, 3.8) is 0 Å². The molecule has 0 aromatic heterocycles. The normalized spacial score (nSPS) is 18.8. The van der Waals surface area contributed by atoms with Crippen LogP contribution in [0.1, 0.15) is 19.3 Å². The third-order valence-corrected chi connectivity index (χ3v) is 5.83. The minimum Gasteiger partial charge on any atom is -0.354 e. The van der Waals surface area contributed by atoms with Gasteiger partial charge in [0.1, 0.15) is 6.04 Å². The Morgan fingerprint density at radius 3 is 2.67 bits per heavy atom. The summed E-state index contributed by atoms with van der Waals surface area (Å²) in [5, 5.41) is 5.74. The van der Waals surface area contributed by atoms with Gasteiger partial charge >= 0.3 is 0 Å². The van der Waals surface area contributed by atoms with E-state index in [2.05, 4.69) is 10.6 Å². The van der Waals surface area contributed by atoms with E-state index in [0.717, 1.165) is 17.1 Å². The van der Waals surface area contributed by atoms with Crippen molar-refractivity contribution >= 4 is 33.4 Å². The monoisotopic (exact) mass is 373 g/mol. The molecule has 0 bridgehead atoms. The average molecular weight is 374 g/mol. The Bertz CT molecular complexity index is 706. The molecule has 0 unspecified atom stereocenters. The Hall–Kier alpha value is -1.64. The molecule has 2 rings (SSSR count). The molecule has 1 fully saturated rings. The van der Waals surface area contributed by atoms with Crippen LogP contribution < -0.4 is 10.6 Å². The van der Waals surface area contributed by atoms with Crippen molar-refractivity contribution in [3.05, 3.63) is 29.3 Å². The second-order valence-corrected chi connectivity index (χ2v) is 8.10. The maximum absolute atomic E-state index is 12.4. The molecule has 9 heteroatoms. The van der Waals surface area contributed by atoms with Crippen LogP contribution >= 0.6 is 11.6 Å². The van der Waals surface area contributed by atoms with Gasteiger partial charge < -0.3 is 10.6 Å². The van der Waals surface area contributed by atoms with E-state index in [9.17, 15) is 18.0 Å². The topological polar surface area (TPSA) is 95.6 Å². The summed E-state index contributed by atoms with van der Waals surface area (Å²) in [6.45, 7) is 0.227. The zero-order valence-corrected chi connectivity index (χ0v) is 14.9. The highest BCUT2D eigenvalue weighted by atomic mass is 35.5. The number of nitrogens with zero attached hydrogens (tertiary/aromatic N) is 1. The van der Waals surface area contributed by atoms with E-state index in [1.165, 1.54) is 31.3 Å². The lowest BCUT2D eigenvalue weighted by Crippen LogP contribution is -2.48. The van der Waals surface area contributed by atoms with Gasteiger partial charge in [-0.05, 0) is 43.5 Å². The molecule has 1 aliphatic heterocycles. The second kappa shape index (κ2) is 7.96. The Balaban J connectivity index is 1.99. The first-order valence-corrected chi connectivity index (χ1v) is 9.41. The lowest BCUT2D eigenvalue weighted by atomic mass is 10.1. The van der Waals surface area contributed by atoms with Gasteiger partial charge in [-0.3, -0.25) is 9.59 Å². The summed E-state index contributed by atoms with van der Waals surface area (Å²) >= 11 is 5.75. The summed E-state index contributed by atoms with van der Waals surface area (Å²) < 4.78 is 25.8. The predicted molar refractivity (Wildman–Crippen MR) is 90.1 cm³/mol. The molecule has 1 aromatic carbocycles. The van der Waals surface area contributed by atoms with Crippen LogP contribution in [0.4, 0.5) is 0 Å². The lowest BCUT2D eigenvalue weighted by molar-refractivity contribution is -0.128. The minimum atomic E-state index is -3.80. The van der Waals surface area contributed by atoms with Gasteiger partial charge in [-0.15, -0.1) is 0 Å². The fourth-order valence-electron chi connectivity index (χ4n) is 2.39. The van der Waals surface area contributed by atoms with E-state index in [1.807, 2.05) is 0 Å². The molecular weight excluding hydrogens is 354 g/mol. The van der Waals surface area contributed by atoms with E-state index in [1.54, 1.807) is 0 Å². The molecule has 1 heterocycles. The Labute approximate surface area is 146 Å². The Kier molecular flexibility index (Phi) is 6.20. The number of amides is 2.